The largest absolute Gasteiger partial charge is 0.383 e. The number of H-pyrrole nitrogens is 1. The number of aromatic amines is 1. The van der Waals surface area contributed by atoms with E-state index >= 15 is 0 Å². The molecule has 1 aliphatic carbocycles. The lowest BCUT2D eigenvalue weighted by Crippen LogP contribution is -2.37. The van der Waals surface area contributed by atoms with E-state index in [4.69, 9.17) is 4.74 Å². The van der Waals surface area contributed by atoms with E-state index < -0.39 is 0 Å². The second-order valence-corrected chi connectivity index (χ2v) is 4.26. The van der Waals surface area contributed by atoms with Gasteiger partial charge in [0.2, 0.25) is 0 Å². The molecule has 0 saturated heterocycles. The highest BCUT2D eigenvalue weighted by molar-refractivity contribution is 4.97. The van der Waals surface area contributed by atoms with Gasteiger partial charge in [-0.2, -0.15) is 0 Å². The van der Waals surface area contributed by atoms with Gasteiger partial charge in [0.05, 0.1) is 12.6 Å². The van der Waals surface area contributed by atoms with Gasteiger partial charge in [-0.3, -0.25) is 0 Å². The molecule has 4 nitrogen and oxygen atoms in total. The summed E-state index contributed by atoms with van der Waals surface area (Å²) in [5.74, 6) is 1.79. The minimum Gasteiger partial charge on any atom is -0.383 e. The highest BCUT2D eigenvalue weighted by Crippen LogP contribution is 2.33. The molecular weight excluding hydrogens is 190 g/mol. The van der Waals surface area contributed by atoms with E-state index in [1.807, 2.05) is 6.20 Å². The zero-order valence-corrected chi connectivity index (χ0v) is 9.36. The van der Waals surface area contributed by atoms with Crippen LogP contribution in [0.4, 0.5) is 0 Å². The van der Waals surface area contributed by atoms with Gasteiger partial charge in [0.1, 0.15) is 5.82 Å². The molecule has 1 aromatic rings. The summed E-state index contributed by atoms with van der Waals surface area (Å²) < 4.78 is 5.23. The highest BCUT2D eigenvalue weighted by atomic mass is 16.5. The van der Waals surface area contributed by atoms with Gasteiger partial charge in [-0.05, 0) is 25.7 Å². The summed E-state index contributed by atoms with van der Waals surface area (Å²) in [6, 6.07) is 0.732. The van der Waals surface area contributed by atoms with E-state index in [9.17, 15) is 0 Å². The number of imidazole rings is 1. The van der Waals surface area contributed by atoms with Crippen LogP contribution in [0.3, 0.4) is 0 Å². The highest BCUT2D eigenvalue weighted by Gasteiger charge is 2.32. The summed E-state index contributed by atoms with van der Waals surface area (Å²) in [5, 5.41) is 3.56. The molecule has 1 aliphatic rings. The number of methoxy groups -OCH3 is 1. The molecule has 1 saturated carbocycles. The van der Waals surface area contributed by atoms with Crippen molar-refractivity contribution in [3.05, 3.63) is 18.2 Å². The summed E-state index contributed by atoms with van der Waals surface area (Å²) in [7, 11) is 1.76. The summed E-state index contributed by atoms with van der Waals surface area (Å²) in [4.78, 5) is 7.38. The van der Waals surface area contributed by atoms with Crippen LogP contribution >= 0.6 is 0 Å². The second kappa shape index (κ2) is 4.77. The van der Waals surface area contributed by atoms with E-state index in [0.29, 0.717) is 6.04 Å². The van der Waals surface area contributed by atoms with Gasteiger partial charge in [0.25, 0.3) is 0 Å². The quantitative estimate of drug-likeness (QED) is 0.746. The number of rotatable bonds is 6. The summed E-state index contributed by atoms with van der Waals surface area (Å²) in [5.41, 5.74) is 0. The fraction of sp³-hybridized carbons (Fsp3) is 0.727. The predicted molar refractivity (Wildman–Crippen MR) is 58.5 cm³/mol. The van der Waals surface area contributed by atoms with Crippen LogP contribution in [0, 0.1) is 5.92 Å². The van der Waals surface area contributed by atoms with Crippen molar-refractivity contribution in [3.8, 4) is 0 Å². The van der Waals surface area contributed by atoms with Crippen molar-refractivity contribution < 1.29 is 4.74 Å². The van der Waals surface area contributed by atoms with Crippen molar-refractivity contribution in [2.24, 2.45) is 5.92 Å². The normalized spacial score (nSPS) is 20.1. The van der Waals surface area contributed by atoms with Crippen LogP contribution in [0.2, 0.25) is 0 Å². The molecule has 2 rings (SSSR count). The van der Waals surface area contributed by atoms with Gasteiger partial charge in [-0.25, -0.2) is 4.98 Å². The molecule has 15 heavy (non-hydrogen) atoms. The minimum atomic E-state index is 0.265. The Labute approximate surface area is 90.4 Å². The van der Waals surface area contributed by atoms with E-state index in [1.54, 1.807) is 13.3 Å². The Morgan fingerprint density at radius 2 is 2.47 bits per heavy atom. The first-order chi connectivity index (χ1) is 7.31. The van der Waals surface area contributed by atoms with Gasteiger partial charge in [-0.15, -0.1) is 0 Å². The topological polar surface area (TPSA) is 49.9 Å². The third-order valence-electron chi connectivity index (χ3n) is 2.93. The third-order valence-corrected chi connectivity index (χ3v) is 2.93. The molecule has 2 unspecified atom stereocenters. The maximum absolute atomic E-state index is 5.23. The van der Waals surface area contributed by atoms with Crippen molar-refractivity contribution in [3.63, 3.8) is 0 Å². The molecule has 1 fully saturated rings. The van der Waals surface area contributed by atoms with Crippen molar-refractivity contribution >= 4 is 0 Å². The van der Waals surface area contributed by atoms with Gasteiger partial charge in [0.15, 0.2) is 0 Å². The average molecular weight is 209 g/mol. The first-order valence-corrected chi connectivity index (χ1v) is 5.55. The molecule has 1 heterocycles. The monoisotopic (exact) mass is 209 g/mol. The Hall–Kier alpha value is -0.870. The number of hydrogen-bond donors (Lipinski definition) is 2. The molecule has 1 aromatic heterocycles. The third kappa shape index (κ3) is 2.79. The second-order valence-electron chi connectivity index (χ2n) is 4.26. The molecule has 2 N–H and O–H groups in total. The number of nitrogens with zero attached hydrogens (tertiary/aromatic N) is 1. The van der Waals surface area contributed by atoms with Crippen LogP contribution < -0.4 is 5.32 Å². The molecule has 84 valence electrons. The smallest absolute Gasteiger partial charge is 0.122 e. The summed E-state index contributed by atoms with van der Waals surface area (Å²) >= 11 is 0. The van der Waals surface area contributed by atoms with Crippen LogP contribution in [-0.4, -0.2) is 29.7 Å². The van der Waals surface area contributed by atoms with Crippen molar-refractivity contribution in [1.29, 1.82) is 0 Å². The maximum Gasteiger partial charge on any atom is 0.122 e. The van der Waals surface area contributed by atoms with Crippen molar-refractivity contribution in [2.75, 3.05) is 13.7 Å². The van der Waals surface area contributed by atoms with Crippen LogP contribution in [0.25, 0.3) is 0 Å². The molecule has 0 radical (unpaired) electrons. The molecule has 0 bridgehead atoms. The lowest BCUT2D eigenvalue weighted by Gasteiger charge is -2.21. The maximum atomic E-state index is 5.23. The lowest BCUT2D eigenvalue weighted by molar-refractivity contribution is 0.152. The molecule has 0 spiro atoms. The van der Waals surface area contributed by atoms with Gasteiger partial charge < -0.3 is 15.0 Å². The van der Waals surface area contributed by atoms with Gasteiger partial charge in [-0.1, -0.05) is 0 Å². The Morgan fingerprint density at radius 3 is 3.00 bits per heavy atom. The predicted octanol–water partition coefficient (Wildman–Crippen LogP) is 1.49. The molecule has 0 amide bonds. The number of hydrogen-bond acceptors (Lipinski definition) is 3. The fourth-order valence-electron chi connectivity index (χ4n) is 1.91. The van der Waals surface area contributed by atoms with E-state index in [1.165, 1.54) is 12.8 Å². The summed E-state index contributed by atoms with van der Waals surface area (Å²) in [6.07, 6.45) is 6.30. The van der Waals surface area contributed by atoms with Crippen LogP contribution in [0.15, 0.2) is 12.4 Å². The fourth-order valence-corrected chi connectivity index (χ4v) is 1.91. The van der Waals surface area contributed by atoms with Crippen LogP contribution in [0.1, 0.15) is 31.6 Å². The minimum absolute atomic E-state index is 0.265. The van der Waals surface area contributed by atoms with Gasteiger partial charge in [0, 0.05) is 25.5 Å². The van der Waals surface area contributed by atoms with Crippen LogP contribution in [-0.2, 0) is 4.74 Å². The van der Waals surface area contributed by atoms with E-state index in [0.717, 1.165) is 18.3 Å². The van der Waals surface area contributed by atoms with E-state index in [2.05, 4.69) is 22.2 Å². The van der Waals surface area contributed by atoms with Crippen molar-refractivity contribution in [1.82, 2.24) is 15.3 Å². The van der Waals surface area contributed by atoms with Gasteiger partial charge >= 0.3 is 0 Å². The van der Waals surface area contributed by atoms with E-state index in [-0.39, 0.29) is 6.04 Å². The molecular formula is C11H19N3O. The SMILES string of the molecule is COCC(NC(C)c1ncc[nH]1)C1CC1. The average Bonchev–Trinajstić information content (AvgIpc) is 2.92. The molecule has 4 heteroatoms. The Morgan fingerprint density at radius 1 is 1.67 bits per heavy atom. The number of aromatic nitrogens is 2. The molecule has 0 aliphatic heterocycles. The zero-order chi connectivity index (χ0) is 10.7. The van der Waals surface area contributed by atoms with Crippen molar-refractivity contribution in [2.45, 2.75) is 31.8 Å². The molecule has 2 atom stereocenters. The van der Waals surface area contributed by atoms with Crippen LogP contribution in [0.5, 0.6) is 0 Å². The first kappa shape index (κ1) is 10.6. The Bertz CT molecular complexity index is 282. The zero-order valence-electron chi connectivity index (χ0n) is 9.36. The Kier molecular flexibility index (Phi) is 3.38. The first-order valence-electron chi connectivity index (χ1n) is 5.55. The lowest BCUT2D eigenvalue weighted by atomic mass is 10.1. The number of nitrogens with one attached hydrogen (secondary N) is 2. The number of ether oxygens (including phenoxy) is 1. The molecule has 0 aromatic carbocycles. The Balaban J connectivity index is 1.88. The summed E-state index contributed by atoms with van der Waals surface area (Å²) in [6.45, 7) is 2.92. The standard InChI is InChI=1S/C11H19N3O/c1-8(11-12-5-6-13-11)14-10(7-15-2)9-3-4-9/h5-6,8-10,14H,3-4,7H2,1-2H3,(H,12,13).